The van der Waals surface area contributed by atoms with Crippen LogP contribution in [0.25, 0.3) is 22.0 Å². The van der Waals surface area contributed by atoms with Crippen LogP contribution in [-0.2, 0) is 13.0 Å². The molecule has 2 aromatic heterocycles. The molecule has 3 heterocycles. The lowest BCUT2D eigenvalue weighted by Gasteiger charge is -2.29. The van der Waals surface area contributed by atoms with Crippen molar-refractivity contribution in [2.24, 2.45) is 0 Å². The number of para-hydroxylation sites is 1. The lowest BCUT2D eigenvalue weighted by atomic mass is 10.0. The van der Waals surface area contributed by atoms with Gasteiger partial charge in [0.25, 0.3) is 0 Å². The van der Waals surface area contributed by atoms with Crippen molar-refractivity contribution in [3.8, 4) is 11.1 Å². The van der Waals surface area contributed by atoms with E-state index in [-0.39, 0.29) is 6.03 Å². The van der Waals surface area contributed by atoms with Crippen LogP contribution < -0.4 is 0 Å². The summed E-state index contributed by atoms with van der Waals surface area (Å²) in [6, 6.07) is 18.6. The van der Waals surface area contributed by atoms with Gasteiger partial charge in [-0.05, 0) is 18.6 Å². The first-order valence-corrected chi connectivity index (χ1v) is 9.20. The summed E-state index contributed by atoms with van der Waals surface area (Å²) in [5.41, 5.74) is 6.34. The molecule has 0 aliphatic carbocycles. The zero-order valence-corrected chi connectivity index (χ0v) is 15.1. The summed E-state index contributed by atoms with van der Waals surface area (Å²) in [7, 11) is 0. The highest BCUT2D eigenvalue weighted by Crippen LogP contribution is 2.37. The van der Waals surface area contributed by atoms with Gasteiger partial charge in [0.2, 0.25) is 0 Å². The Morgan fingerprint density at radius 1 is 1.07 bits per heavy atom. The Kier molecular flexibility index (Phi) is 3.60. The van der Waals surface area contributed by atoms with Crippen LogP contribution in [0.3, 0.4) is 0 Å². The van der Waals surface area contributed by atoms with Crippen LogP contribution >= 0.6 is 0 Å². The van der Waals surface area contributed by atoms with Crippen molar-refractivity contribution in [2.75, 3.05) is 6.54 Å². The number of aromatic amines is 1. The number of aromatic nitrogens is 3. The van der Waals surface area contributed by atoms with Crippen molar-refractivity contribution in [3.63, 3.8) is 0 Å². The molecule has 27 heavy (non-hydrogen) atoms. The van der Waals surface area contributed by atoms with Crippen molar-refractivity contribution in [1.82, 2.24) is 19.4 Å². The van der Waals surface area contributed by atoms with Gasteiger partial charge >= 0.3 is 6.03 Å². The summed E-state index contributed by atoms with van der Waals surface area (Å²) >= 11 is 0. The first-order valence-electron chi connectivity index (χ1n) is 9.20. The minimum atomic E-state index is 0.0250. The number of fused-ring (bicyclic) bond motifs is 3. The summed E-state index contributed by atoms with van der Waals surface area (Å²) in [5, 5.41) is 1.13. The van der Waals surface area contributed by atoms with Crippen molar-refractivity contribution in [2.45, 2.75) is 19.9 Å². The fraction of sp³-hybridized carbons (Fsp3) is 0.182. The summed E-state index contributed by atoms with van der Waals surface area (Å²) in [5.74, 6) is 0. The number of nitrogens with zero attached hydrogens (tertiary/aromatic N) is 3. The SMILES string of the molecule is Cc1[nH]cnc1CN1CCc2c(-c3ccccc3)c3ccccc3n2C1=O. The second-order valence-corrected chi connectivity index (χ2v) is 6.97. The number of nitrogens with one attached hydrogen (secondary N) is 1. The number of aryl methyl sites for hydroxylation is 1. The van der Waals surface area contributed by atoms with E-state index in [0.717, 1.165) is 40.0 Å². The van der Waals surface area contributed by atoms with E-state index in [0.29, 0.717) is 13.1 Å². The minimum absolute atomic E-state index is 0.0250. The molecular weight excluding hydrogens is 336 g/mol. The zero-order valence-electron chi connectivity index (χ0n) is 15.1. The van der Waals surface area contributed by atoms with Crippen LogP contribution in [0, 0.1) is 6.92 Å². The first-order chi connectivity index (χ1) is 13.2. The summed E-state index contributed by atoms with van der Waals surface area (Å²) in [4.78, 5) is 22.7. The molecule has 1 amide bonds. The van der Waals surface area contributed by atoms with Crippen molar-refractivity contribution < 1.29 is 4.79 Å². The fourth-order valence-corrected chi connectivity index (χ4v) is 4.03. The van der Waals surface area contributed by atoms with Crippen molar-refractivity contribution in [3.05, 3.63) is 78.0 Å². The predicted molar refractivity (Wildman–Crippen MR) is 106 cm³/mol. The standard InChI is InChI=1S/C22H20N4O/c1-15-18(24-14-23-15)13-25-12-11-20-21(16-7-3-2-4-8-16)17-9-5-6-10-19(17)26(20)22(25)27/h2-10,14H,11-13H2,1H3,(H,23,24). The zero-order chi connectivity index (χ0) is 18.4. The van der Waals surface area contributed by atoms with E-state index in [1.54, 1.807) is 6.33 Å². The highest BCUT2D eigenvalue weighted by atomic mass is 16.2. The number of amides is 1. The van der Waals surface area contributed by atoms with E-state index in [9.17, 15) is 4.79 Å². The third kappa shape index (κ3) is 2.46. The lowest BCUT2D eigenvalue weighted by Crippen LogP contribution is -2.41. The molecule has 5 nitrogen and oxygen atoms in total. The maximum atomic E-state index is 13.4. The molecule has 1 aliphatic heterocycles. The Balaban J connectivity index is 1.65. The van der Waals surface area contributed by atoms with Gasteiger partial charge in [0.15, 0.2) is 0 Å². The Hall–Kier alpha value is -3.34. The van der Waals surface area contributed by atoms with Crippen molar-refractivity contribution in [1.29, 1.82) is 0 Å². The third-order valence-corrected chi connectivity index (χ3v) is 5.39. The van der Waals surface area contributed by atoms with Gasteiger partial charge < -0.3 is 9.88 Å². The molecule has 0 radical (unpaired) electrons. The number of carbonyl (C=O) groups is 1. The van der Waals surface area contributed by atoms with Gasteiger partial charge in [-0.15, -0.1) is 0 Å². The molecule has 0 bridgehead atoms. The summed E-state index contributed by atoms with van der Waals surface area (Å²) in [6.07, 6.45) is 2.51. The van der Waals surface area contributed by atoms with Crippen LogP contribution in [-0.4, -0.2) is 32.0 Å². The molecule has 5 rings (SSSR count). The van der Waals surface area contributed by atoms with Crippen LogP contribution in [0.5, 0.6) is 0 Å². The summed E-state index contributed by atoms with van der Waals surface area (Å²) < 4.78 is 1.89. The number of imidazole rings is 1. The average molecular weight is 356 g/mol. The first kappa shape index (κ1) is 15.9. The molecule has 0 saturated carbocycles. The monoisotopic (exact) mass is 356 g/mol. The molecule has 0 spiro atoms. The minimum Gasteiger partial charge on any atom is -0.348 e. The Morgan fingerprint density at radius 2 is 1.85 bits per heavy atom. The molecular formula is C22H20N4O. The van der Waals surface area contributed by atoms with Gasteiger partial charge in [-0.1, -0.05) is 48.5 Å². The quantitative estimate of drug-likeness (QED) is 0.593. The summed E-state index contributed by atoms with van der Waals surface area (Å²) in [6.45, 7) is 3.21. The Bertz CT molecular complexity index is 1140. The van der Waals surface area contributed by atoms with Crippen LogP contribution in [0.15, 0.2) is 60.9 Å². The number of hydrogen-bond donors (Lipinski definition) is 1. The molecule has 134 valence electrons. The normalized spacial score (nSPS) is 14.0. The third-order valence-electron chi connectivity index (χ3n) is 5.39. The van der Waals surface area contributed by atoms with Crippen LogP contribution in [0.1, 0.15) is 17.1 Å². The van der Waals surface area contributed by atoms with E-state index in [1.807, 2.05) is 52.8 Å². The maximum absolute atomic E-state index is 13.4. The van der Waals surface area contributed by atoms with Crippen LogP contribution in [0.2, 0.25) is 0 Å². The van der Waals surface area contributed by atoms with Gasteiger partial charge in [0.1, 0.15) is 0 Å². The second-order valence-electron chi connectivity index (χ2n) is 6.97. The number of carbonyl (C=O) groups excluding carboxylic acids is 1. The van der Waals surface area contributed by atoms with E-state index in [2.05, 4.69) is 28.2 Å². The predicted octanol–water partition coefficient (Wildman–Crippen LogP) is 4.37. The van der Waals surface area contributed by atoms with Gasteiger partial charge in [-0.25, -0.2) is 9.78 Å². The van der Waals surface area contributed by atoms with Gasteiger partial charge in [0.05, 0.1) is 24.1 Å². The van der Waals surface area contributed by atoms with E-state index < -0.39 is 0 Å². The van der Waals surface area contributed by atoms with Crippen LogP contribution in [0.4, 0.5) is 4.79 Å². The molecule has 1 aliphatic rings. The number of H-pyrrole nitrogens is 1. The topological polar surface area (TPSA) is 53.9 Å². The molecule has 0 fully saturated rings. The van der Waals surface area contributed by atoms with E-state index >= 15 is 0 Å². The molecule has 0 unspecified atom stereocenters. The van der Waals surface area contributed by atoms with E-state index in [4.69, 9.17) is 0 Å². The Morgan fingerprint density at radius 3 is 2.63 bits per heavy atom. The lowest BCUT2D eigenvalue weighted by molar-refractivity contribution is 0.190. The highest BCUT2D eigenvalue weighted by molar-refractivity contribution is 6.04. The molecule has 0 saturated heterocycles. The average Bonchev–Trinajstić information content (AvgIpc) is 3.26. The second kappa shape index (κ2) is 6.13. The molecule has 2 aromatic carbocycles. The molecule has 5 heteroatoms. The van der Waals surface area contributed by atoms with Gasteiger partial charge in [-0.2, -0.15) is 0 Å². The Labute approximate surface area is 157 Å². The number of hydrogen-bond acceptors (Lipinski definition) is 2. The van der Waals surface area contributed by atoms with Gasteiger partial charge in [0, 0.05) is 35.3 Å². The smallest absolute Gasteiger partial charge is 0.329 e. The largest absolute Gasteiger partial charge is 0.348 e. The van der Waals surface area contributed by atoms with E-state index in [1.165, 1.54) is 5.56 Å². The molecule has 0 atom stereocenters. The number of rotatable bonds is 3. The molecule has 4 aromatic rings. The fourth-order valence-electron chi connectivity index (χ4n) is 4.03. The molecule has 1 N–H and O–H groups in total. The highest BCUT2D eigenvalue weighted by Gasteiger charge is 2.30. The van der Waals surface area contributed by atoms with Gasteiger partial charge in [-0.3, -0.25) is 4.57 Å². The van der Waals surface area contributed by atoms with Crippen molar-refractivity contribution >= 4 is 16.9 Å². The maximum Gasteiger partial charge on any atom is 0.329 e. The number of benzene rings is 2.